The van der Waals surface area contributed by atoms with E-state index in [0.29, 0.717) is 9.50 Å². The largest absolute Gasteiger partial charge is 0.430 e. The summed E-state index contributed by atoms with van der Waals surface area (Å²) in [5.74, 6) is 0.0458. The summed E-state index contributed by atoms with van der Waals surface area (Å²) in [7, 11) is 0. The minimum atomic E-state index is -0.571. The lowest BCUT2D eigenvalue weighted by molar-refractivity contribution is -0.385. The summed E-state index contributed by atoms with van der Waals surface area (Å²) in [4.78, 5) is 14.2. The Morgan fingerprint density at radius 3 is 2.68 bits per heavy atom. The van der Waals surface area contributed by atoms with E-state index in [2.05, 4.69) is 20.9 Å². The fourth-order valence-electron chi connectivity index (χ4n) is 1.30. The van der Waals surface area contributed by atoms with Gasteiger partial charge in [0.1, 0.15) is 5.02 Å². The van der Waals surface area contributed by atoms with Crippen molar-refractivity contribution in [2.24, 2.45) is 0 Å². The van der Waals surface area contributed by atoms with E-state index >= 15 is 0 Å². The predicted molar refractivity (Wildman–Crippen MR) is 75.1 cm³/mol. The molecule has 0 aliphatic carbocycles. The molecule has 0 radical (unpaired) electrons. The molecule has 0 saturated carbocycles. The quantitative estimate of drug-likeness (QED) is 0.577. The van der Waals surface area contributed by atoms with Gasteiger partial charge in [-0.15, -0.1) is 0 Å². The van der Waals surface area contributed by atoms with E-state index in [9.17, 15) is 10.1 Å². The zero-order valence-corrected chi connectivity index (χ0v) is 12.2. The number of ether oxygens (including phenoxy) is 1. The number of hydrogen-bond acceptors (Lipinski definition) is 4. The highest BCUT2D eigenvalue weighted by Crippen LogP contribution is 2.36. The number of aromatic nitrogens is 1. The number of rotatable bonds is 3. The van der Waals surface area contributed by atoms with Gasteiger partial charge in [0.15, 0.2) is 0 Å². The minimum absolute atomic E-state index is 0.0192. The van der Waals surface area contributed by atoms with Crippen LogP contribution in [0.15, 0.2) is 34.9 Å². The van der Waals surface area contributed by atoms with Crippen molar-refractivity contribution in [2.75, 3.05) is 0 Å². The second-order valence-electron chi connectivity index (χ2n) is 3.41. The first-order valence-corrected chi connectivity index (χ1v) is 6.45. The SMILES string of the molecule is O=[N+]([O-])c1ccc(Cl)cc1Oc1ncc(Br)cc1Cl. The van der Waals surface area contributed by atoms with E-state index < -0.39 is 4.92 Å². The first-order valence-electron chi connectivity index (χ1n) is 4.90. The van der Waals surface area contributed by atoms with Gasteiger partial charge in [0, 0.05) is 27.8 Å². The van der Waals surface area contributed by atoms with Crippen molar-refractivity contribution in [1.82, 2.24) is 4.98 Å². The van der Waals surface area contributed by atoms with Crippen molar-refractivity contribution in [3.8, 4) is 11.6 Å². The Kier molecular flexibility index (Phi) is 4.24. The Labute approximate surface area is 126 Å². The third-order valence-corrected chi connectivity index (χ3v) is 3.04. The summed E-state index contributed by atoms with van der Waals surface area (Å²) < 4.78 is 6.02. The molecular weight excluding hydrogens is 359 g/mol. The zero-order valence-electron chi connectivity index (χ0n) is 9.14. The predicted octanol–water partition coefficient (Wildman–Crippen LogP) is 4.85. The molecule has 98 valence electrons. The fourth-order valence-corrected chi connectivity index (χ4v) is 2.13. The van der Waals surface area contributed by atoms with Gasteiger partial charge in [-0.3, -0.25) is 10.1 Å². The number of nitrogens with zero attached hydrogens (tertiary/aromatic N) is 2. The molecule has 1 aromatic heterocycles. The van der Waals surface area contributed by atoms with Crippen LogP contribution >= 0.6 is 39.1 Å². The highest BCUT2D eigenvalue weighted by atomic mass is 79.9. The molecule has 2 rings (SSSR count). The van der Waals surface area contributed by atoms with Crippen molar-refractivity contribution in [3.63, 3.8) is 0 Å². The first-order chi connectivity index (χ1) is 8.97. The Balaban J connectivity index is 2.42. The van der Waals surface area contributed by atoms with E-state index in [4.69, 9.17) is 27.9 Å². The van der Waals surface area contributed by atoms with Crippen molar-refractivity contribution >= 4 is 44.8 Å². The number of pyridine rings is 1. The molecule has 0 aliphatic rings. The lowest BCUT2D eigenvalue weighted by Crippen LogP contribution is -1.95. The number of hydrogen-bond donors (Lipinski definition) is 0. The van der Waals surface area contributed by atoms with Crippen LogP contribution in [0.4, 0.5) is 5.69 Å². The average Bonchev–Trinajstić information content (AvgIpc) is 2.32. The molecule has 19 heavy (non-hydrogen) atoms. The molecule has 0 bridgehead atoms. The number of benzene rings is 1. The number of nitro benzene ring substituents is 1. The monoisotopic (exact) mass is 362 g/mol. The minimum Gasteiger partial charge on any atom is -0.430 e. The molecule has 5 nitrogen and oxygen atoms in total. The van der Waals surface area contributed by atoms with Crippen LogP contribution in [-0.4, -0.2) is 9.91 Å². The Bertz CT molecular complexity index is 652. The van der Waals surface area contributed by atoms with E-state index in [0.717, 1.165) is 0 Å². The van der Waals surface area contributed by atoms with Crippen LogP contribution in [0.25, 0.3) is 0 Å². The molecule has 0 saturated heterocycles. The van der Waals surface area contributed by atoms with E-state index in [1.54, 1.807) is 6.07 Å². The number of nitro groups is 1. The lowest BCUT2D eigenvalue weighted by atomic mass is 10.3. The number of halogens is 3. The zero-order chi connectivity index (χ0) is 14.0. The molecule has 8 heteroatoms. The van der Waals surface area contributed by atoms with Gasteiger partial charge in [-0.2, -0.15) is 0 Å². The molecule has 0 unspecified atom stereocenters. The van der Waals surface area contributed by atoms with Crippen LogP contribution in [0.5, 0.6) is 11.6 Å². The molecule has 1 heterocycles. The summed E-state index contributed by atoms with van der Waals surface area (Å²) >= 11 is 14.9. The molecule has 0 spiro atoms. The van der Waals surface area contributed by atoms with E-state index in [1.807, 2.05) is 0 Å². The third kappa shape index (κ3) is 3.34. The first kappa shape index (κ1) is 14.0. The molecule has 0 atom stereocenters. The maximum absolute atomic E-state index is 10.9. The summed E-state index contributed by atoms with van der Waals surface area (Å²) in [6.07, 6.45) is 1.47. The topological polar surface area (TPSA) is 65.3 Å². The smallest absolute Gasteiger partial charge is 0.311 e. The third-order valence-electron chi connectivity index (χ3n) is 2.10. The van der Waals surface area contributed by atoms with Crippen molar-refractivity contribution in [3.05, 3.63) is 55.1 Å². The maximum atomic E-state index is 10.9. The van der Waals surface area contributed by atoms with Gasteiger partial charge < -0.3 is 4.74 Å². The molecule has 2 aromatic rings. The van der Waals surface area contributed by atoms with Gasteiger partial charge >= 0.3 is 5.69 Å². The van der Waals surface area contributed by atoms with Crippen molar-refractivity contribution < 1.29 is 9.66 Å². The van der Waals surface area contributed by atoms with Crippen molar-refractivity contribution in [2.45, 2.75) is 0 Å². The van der Waals surface area contributed by atoms with Gasteiger partial charge in [-0.05, 0) is 28.1 Å². The summed E-state index contributed by atoms with van der Waals surface area (Å²) in [5, 5.41) is 11.4. The maximum Gasteiger partial charge on any atom is 0.311 e. The van der Waals surface area contributed by atoms with Crippen molar-refractivity contribution in [1.29, 1.82) is 0 Å². The average molecular weight is 364 g/mol. The summed E-state index contributed by atoms with van der Waals surface area (Å²) in [6, 6.07) is 5.56. The van der Waals surface area contributed by atoms with E-state index in [-0.39, 0.29) is 22.3 Å². The van der Waals surface area contributed by atoms with Gasteiger partial charge in [-0.1, -0.05) is 23.2 Å². The lowest BCUT2D eigenvalue weighted by Gasteiger charge is -2.07. The Morgan fingerprint density at radius 2 is 2.05 bits per heavy atom. The fraction of sp³-hybridized carbons (Fsp3) is 0. The normalized spacial score (nSPS) is 10.3. The van der Waals surface area contributed by atoms with Crippen LogP contribution < -0.4 is 4.74 Å². The van der Waals surface area contributed by atoms with Gasteiger partial charge in [-0.25, -0.2) is 4.98 Å². The summed E-state index contributed by atoms with van der Waals surface area (Å²) in [5.41, 5.74) is -0.217. The highest BCUT2D eigenvalue weighted by Gasteiger charge is 2.18. The van der Waals surface area contributed by atoms with Crippen LogP contribution in [0.1, 0.15) is 0 Å². The standard InChI is InChI=1S/C11H5BrCl2N2O3/c12-6-3-8(14)11(15-5-6)19-10-4-7(13)1-2-9(10)16(17)18/h1-5H. The molecular formula is C11H5BrCl2N2O3. The van der Waals surface area contributed by atoms with Gasteiger partial charge in [0.2, 0.25) is 11.6 Å². The molecule has 0 N–H and O–H groups in total. The highest BCUT2D eigenvalue weighted by molar-refractivity contribution is 9.10. The molecule has 0 aliphatic heterocycles. The molecule has 1 aromatic carbocycles. The van der Waals surface area contributed by atoms with Gasteiger partial charge in [0.05, 0.1) is 4.92 Å². The van der Waals surface area contributed by atoms with Crippen LogP contribution in [0.2, 0.25) is 10.0 Å². The van der Waals surface area contributed by atoms with Crippen LogP contribution in [0, 0.1) is 10.1 Å². The van der Waals surface area contributed by atoms with E-state index in [1.165, 1.54) is 24.4 Å². The van der Waals surface area contributed by atoms with Crippen LogP contribution in [0.3, 0.4) is 0 Å². The molecule has 0 fully saturated rings. The second-order valence-corrected chi connectivity index (χ2v) is 5.17. The summed E-state index contributed by atoms with van der Waals surface area (Å²) in [6.45, 7) is 0. The molecule has 0 amide bonds. The van der Waals surface area contributed by atoms with Crippen LogP contribution in [-0.2, 0) is 0 Å². The Morgan fingerprint density at radius 1 is 1.32 bits per heavy atom. The Hall–Kier alpha value is -1.37. The second kappa shape index (κ2) is 5.73. The van der Waals surface area contributed by atoms with Gasteiger partial charge in [0.25, 0.3) is 0 Å².